The molecule has 0 heterocycles. The molecule has 0 N–H and O–H groups in total. The van der Waals surface area contributed by atoms with Crippen molar-refractivity contribution in [2.24, 2.45) is 5.92 Å². The van der Waals surface area contributed by atoms with Crippen LogP contribution in [0.3, 0.4) is 0 Å². The Morgan fingerprint density at radius 2 is 1.48 bits per heavy atom. The van der Waals surface area contributed by atoms with Gasteiger partial charge in [-0.2, -0.15) is 26.3 Å². The minimum atomic E-state index is -6.05. The summed E-state index contributed by atoms with van der Waals surface area (Å²) in [4.78, 5) is 0. The zero-order valence-electron chi connectivity index (χ0n) is 12.1. The van der Waals surface area contributed by atoms with E-state index >= 15 is 0 Å². The first-order valence-electron chi connectivity index (χ1n) is 7.51. The minimum absolute atomic E-state index is 0.179. The lowest BCUT2D eigenvalue weighted by Crippen LogP contribution is -2.50. The smallest absolute Gasteiger partial charge is 0.218 e. The molecule has 0 spiro atoms. The van der Waals surface area contributed by atoms with Crippen LogP contribution < -0.4 is 0 Å². The van der Waals surface area contributed by atoms with Gasteiger partial charge in [0.1, 0.15) is 0 Å². The van der Waals surface area contributed by atoms with Crippen molar-refractivity contribution in [3.63, 3.8) is 0 Å². The van der Waals surface area contributed by atoms with Gasteiger partial charge in [0.15, 0.2) is 0 Å². The van der Waals surface area contributed by atoms with Gasteiger partial charge in [-0.1, -0.05) is 24.6 Å². The van der Waals surface area contributed by atoms with E-state index in [1.807, 2.05) is 0 Å². The summed E-state index contributed by atoms with van der Waals surface area (Å²) in [5.74, 6) is 0.618. The van der Waals surface area contributed by atoms with Crippen molar-refractivity contribution in [2.75, 3.05) is 0 Å². The lowest BCUT2D eigenvalue weighted by Gasteiger charge is -2.33. The number of hydrogen-bond donors (Lipinski definition) is 0. The Kier molecular flexibility index (Phi) is 3.69. The van der Waals surface area contributed by atoms with Crippen LogP contribution in [0.4, 0.5) is 30.7 Å². The maximum absolute atomic E-state index is 14.1. The summed E-state index contributed by atoms with van der Waals surface area (Å²) < 4.78 is 91.2. The predicted molar refractivity (Wildman–Crippen MR) is 69.7 cm³/mol. The summed E-state index contributed by atoms with van der Waals surface area (Å²) in [6.07, 6.45) is -8.04. The van der Waals surface area contributed by atoms with Gasteiger partial charge in [-0.25, -0.2) is 4.39 Å². The van der Waals surface area contributed by atoms with Gasteiger partial charge in [0.05, 0.1) is 0 Å². The first kappa shape index (κ1) is 16.6. The summed E-state index contributed by atoms with van der Waals surface area (Å²) in [5, 5.41) is 0. The van der Waals surface area contributed by atoms with E-state index < -0.39 is 23.6 Å². The van der Waals surface area contributed by atoms with E-state index in [1.54, 1.807) is 0 Å². The fraction of sp³-hybridized carbons (Fsp3) is 0.625. The Morgan fingerprint density at radius 1 is 0.826 bits per heavy atom. The summed E-state index contributed by atoms with van der Waals surface area (Å²) in [6.45, 7) is 0. The molecule has 2 aliphatic carbocycles. The number of fused-ring (bicyclic) bond motifs is 3. The molecule has 0 aromatic heterocycles. The van der Waals surface area contributed by atoms with E-state index in [9.17, 15) is 30.7 Å². The predicted octanol–water partition coefficient (Wildman–Crippen LogP) is 5.81. The molecule has 128 valence electrons. The zero-order valence-corrected chi connectivity index (χ0v) is 12.1. The van der Waals surface area contributed by atoms with Gasteiger partial charge < -0.3 is 0 Å². The third-order valence-electron chi connectivity index (χ3n) is 5.17. The van der Waals surface area contributed by atoms with Gasteiger partial charge in [0.25, 0.3) is 0 Å². The average Bonchev–Trinajstić information content (AvgIpc) is 2.92. The maximum Gasteiger partial charge on any atom is 0.435 e. The third kappa shape index (κ3) is 2.43. The molecule has 0 unspecified atom stereocenters. The van der Waals surface area contributed by atoms with E-state index in [-0.39, 0.29) is 5.92 Å². The van der Waals surface area contributed by atoms with Crippen LogP contribution >= 0.6 is 0 Å². The zero-order chi connectivity index (χ0) is 17.0. The number of rotatable bonds is 1. The van der Waals surface area contributed by atoms with Gasteiger partial charge in [-0.3, -0.25) is 0 Å². The fourth-order valence-electron chi connectivity index (χ4n) is 4.02. The van der Waals surface area contributed by atoms with Crippen molar-refractivity contribution in [3.05, 3.63) is 34.9 Å². The van der Waals surface area contributed by atoms with Gasteiger partial charge in [-0.15, -0.1) is 0 Å². The van der Waals surface area contributed by atoms with Crippen molar-refractivity contribution in [1.29, 1.82) is 0 Å². The Hall–Kier alpha value is -1.27. The quantitative estimate of drug-likeness (QED) is 0.566. The van der Waals surface area contributed by atoms with Crippen LogP contribution in [0.5, 0.6) is 0 Å². The monoisotopic (exact) mass is 340 g/mol. The Balaban J connectivity index is 2.07. The van der Waals surface area contributed by atoms with Crippen LogP contribution in [0.1, 0.15) is 48.3 Å². The molecule has 3 rings (SSSR count). The molecule has 1 fully saturated rings. The Morgan fingerprint density at radius 3 is 2.09 bits per heavy atom. The maximum atomic E-state index is 14.1. The molecule has 1 aromatic rings. The molecule has 0 amide bonds. The van der Waals surface area contributed by atoms with Crippen molar-refractivity contribution in [1.82, 2.24) is 0 Å². The van der Waals surface area contributed by atoms with Gasteiger partial charge in [0, 0.05) is 5.56 Å². The first-order chi connectivity index (χ1) is 10.6. The SMILES string of the molecule is FC(F)(F)C(F)(c1ccc2c(c1)CC[C@H]1CCC[C@@H]21)C(F)(F)F. The summed E-state index contributed by atoms with van der Waals surface area (Å²) in [6, 6.07) is 2.68. The van der Waals surface area contributed by atoms with E-state index in [2.05, 4.69) is 0 Å². The topological polar surface area (TPSA) is 0 Å². The van der Waals surface area contributed by atoms with Crippen molar-refractivity contribution in [3.8, 4) is 0 Å². The van der Waals surface area contributed by atoms with Crippen LogP contribution in [-0.4, -0.2) is 12.4 Å². The third-order valence-corrected chi connectivity index (χ3v) is 5.17. The molecule has 7 heteroatoms. The molecule has 0 aliphatic heterocycles. The highest BCUT2D eigenvalue weighted by Gasteiger charge is 2.73. The van der Waals surface area contributed by atoms with Gasteiger partial charge >= 0.3 is 18.0 Å². The summed E-state index contributed by atoms with van der Waals surface area (Å²) >= 11 is 0. The lowest BCUT2D eigenvalue weighted by atomic mass is 9.75. The molecule has 1 aromatic carbocycles. The average molecular weight is 340 g/mol. The fourth-order valence-corrected chi connectivity index (χ4v) is 4.02. The summed E-state index contributed by atoms with van der Waals surface area (Å²) in [7, 11) is 0. The summed E-state index contributed by atoms with van der Waals surface area (Å²) in [5.41, 5.74) is -5.50. The molecular weight excluding hydrogens is 325 g/mol. The van der Waals surface area contributed by atoms with Crippen molar-refractivity contribution in [2.45, 2.75) is 56.0 Å². The second kappa shape index (κ2) is 5.11. The molecule has 0 radical (unpaired) electrons. The standard InChI is InChI=1S/C16H15F7/c17-14(15(18,19)20,16(21,22)23)11-6-7-13-10(8-11)5-4-9-2-1-3-12(9)13/h6-9,12H,1-5H2/t9-,12-/m1/s1. The van der Waals surface area contributed by atoms with Crippen molar-refractivity contribution >= 4 is 0 Å². The van der Waals surface area contributed by atoms with Crippen LogP contribution in [0.2, 0.25) is 0 Å². The number of halogens is 7. The van der Waals surface area contributed by atoms with E-state index in [0.29, 0.717) is 24.0 Å². The number of benzene rings is 1. The second-order valence-corrected chi connectivity index (χ2v) is 6.40. The molecule has 2 atom stereocenters. The normalized spacial score (nSPS) is 25.2. The highest BCUT2D eigenvalue weighted by Crippen LogP contribution is 2.54. The van der Waals surface area contributed by atoms with E-state index in [0.717, 1.165) is 37.3 Å². The first-order valence-corrected chi connectivity index (χ1v) is 7.51. The highest BCUT2D eigenvalue weighted by molar-refractivity contribution is 5.41. The van der Waals surface area contributed by atoms with Crippen molar-refractivity contribution < 1.29 is 30.7 Å². The van der Waals surface area contributed by atoms with Crippen LogP contribution in [0.25, 0.3) is 0 Å². The molecule has 0 saturated heterocycles. The number of alkyl halides is 7. The van der Waals surface area contributed by atoms with E-state index in [4.69, 9.17) is 0 Å². The molecular formula is C16H15F7. The molecule has 23 heavy (non-hydrogen) atoms. The second-order valence-electron chi connectivity index (χ2n) is 6.40. The molecule has 2 aliphatic rings. The van der Waals surface area contributed by atoms with Crippen LogP contribution in [0, 0.1) is 5.92 Å². The van der Waals surface area contributed by atoms with E-state index in [1.165, 1.54) is 6.07 Å². The number of hydrogen-bond acceptors (Lipinski definition) is 0. The lowest BCUT2D eigenvalue weighted by molar-refractivity contribution is -0.348. The molecule has 1 saturated carbocycles. The highest BCUT2D eigenvalue weighted by atomic mass is 19.4. The van der Waals surface area contributed by atoms with Crippen LogP contribution in [0.15, 0.2) is 18.2 Å². The molecule has 0 bridgehead atoms. The minimum Gasteiger partial charge on any atom is -0.218 e. The largest absolute Gasteiger partial charge is 0.435 e. The van der Waals surface area contributed by atoms with Crippen LogP contribution in [-0.2, 0) is 12.1 Å². The van der Waals surface area contributed by atoms with Gasteiger partial charge in [0.2, 0.25) is 0 Å². The number of aryl methyl sites for hydroxylation is 1. The Labute approximate surface area is 128 Å². The Bertz CT molecular complexity index is 585. The molecule has 0 nitrogen and oxygen atoms in total. The van der Waals surface area contributed by atoms with Gasteiger partial charge in [-0.05, 0) is 48.6 Å².